The van der Waals surface area contributed by atoms with Gasteiger partial charge in [-0.25, -0.2) is 4.98 Å². The zero-order valence-electron chi connectivity index (χ0n) is 12.3. The third kappa shape index (κ3) is 3.80. The SMILES string of the molecule is CCCNc1cncc(N(C)CC2CCCN2C)n1. The van der Waals surface area contributed by atoms with Crippen molar-refractivity contribution in [3.05, 3.63) is 12.4 Å². The Labute approximate surface area is 116 Å². The van der Waals surface area contributed by atoms with Crippen molar-refractivity contribution in [3.8, 4) is 0 Å². The average Bonchev–Trinajstić information content (AvgIpc) is 2.82. The number of rotatable bonds is 6. The summed E-state index contributed by atoms with van der Waals surface area (Å²) in [7, 11) is 4.30. The zero-order chi connectivity index (χ0) is 13.7. The molecule has 0 radical (unpaired) electrons. The fraction of sp³-hybridized carbons (Fsp3) is 0.714. The van der Waals surface area contributed by atoms with Crippen molar-refractivity contribution in [1.82, 2.24) is 14.9 Å². The Balaban J connectivity index is 1.96. The largest absolute Gasteiger partial charge is 0.369 e. The number of anilines is 2. The van der Waals surface area contributed by atoms with E-state index < -0.39 is 0 Å². The average molecular weight is 263 g/mol. The van der Waals surface area contributed by atoms with Gasteiger partial charge in [-0.15, -0.1) is 0 Å². The van der Waals surface area contributed by atoms with Crippen LogP contribution in [0.3, 0.4) is 0 Å². The Morgan fingerprint density at radius 1 is 1.47 bits per heavy atom. The summed E-state index contributed by atoms with van der Waals surface area (Å²) in [4.78, 5) is 13.5. The van der Waals surface area contributed by atoms with E-state index in [0.29, 0.717) is 6.04 Å². The Morgan fingerprint density at radius 2 is 2.32 bits per heavy atom. The van der Waals surface area contributed by atoms with Crippen molar-refractivity contribution in [3.63, 3.8) is 0 Å². The van der Waals surface area contributed by atoms with Crippen molar-refractivity contribution in [2.45, 2.75) is 32.2 Å². The summed E-state index contributed by atoms with van der Waals surface area (Å²) in [6.45, 7) is 5.31. The lowest BCUT2D eigenvalue weighted by molar-refractivity contribution is 0.314. The van der Waals surface area contributed by atoms with Crippen LogP contribution in [-0.4, -0.2) is 54.6 Å². The van der Waals surface area contributed by atoms with Crippen LogP contribution < -0.4 is 10.2 Å². The number of hydrogen-bond donors (Lipinski definition) is 1. The van der Waals surface area contributed by atoms with E-state index in [1.165, 1.54) is 19.4 Å². The van der Waals surface area contributed by atoms with Gasteiger partial charge in [-0.05, 0) is 32.9 Å². The first-order valence-electron chi connectivity index (χ1n) is 7.18. The molecule has 1 aromatic rings. The van der Waals surface area contributed by atoms with Gasteiger partial charge in [0.2, 0.25) is 0 Å². The van der Waals surface area contributed by atoms with E-state index in [9.17, 15) is 0 Å². The van der Waals surface area contributed by atoms with Crippen molar-refractivity contribution in [1.29, 1.82) is 0 Å². The van der Waals surface area contributed by atoms with E-state index in [1.54, 1.807) is 6.20 Å². The first-order chi connectivity index (χ1) is 9.20. The maximum absolute atomic E-state index is 4.61. The lowest BCUT2D eigenvalue weighted by atomic mass is 10.2. The summed E-state index contributed by atoms with van der Waals surface area (Å²) in [5, 5.41) is 3.28. The molecule has 1 atom stereocenters. The minimum atomic E-state index is 0.638. The number of nitrogens with zero attached hydrogens (tertiary/aromatic N) is 4. The van der Waals surface area contributed by atoms with Gasteiger partial charge in [-0.1, -0.05) is 6.92 Å². The lowest BCUT2D eigenvalue weighted by Crippen LogP contribution is -2.37. The van der Waals surface area contributed by atoms with Gasteiger partial charge in [-0.2, -0.15) is 0 Å². The number of hydrogen-bond acceptors (Lipinski definition) is 5. The van der Waals surface area contributed by atoms with Gasteiger partial charge in [0.25, 0.3) is 0 Å². The van der Waals surface area contributed by atoms with Gasteiger partial charge in [0.15, 0.2) is 0 Å². The lowest BCUT2D eigenvalue weighted by Gasteiger charge is -2.26. The van der Waals surface area contributed by atoms with Gasteiger partial charge in [0, 0.05) is 26.2 Å². The molecule has 1 N–H and O–H groups in total. The molecule has 106 valence electrons. The fourth-order valence-electron chi connectivity index (χ4n) is 2.50. The summed E-state index contributed by atoms with van der Waals surface area (Å²) in [5.74, 6) is 1.81. The van der Waals surface area contributed by atoms with E-state index in [1.807, 2.05) is 6.20 Å². The minimum absolute atomic E-state index is 0.638. The molecule has 1 aliphatic rings. The molecule has 0 amide bonds. The van der Waals surface area contributed by atoms with Crippen LogP contribution in [0.15, 0.2) is 12.4 Å². The molecule has 5 heteroatoms. The normalized spacial score (nSPS) is 19.6. The number of nitrogens with one attached hydrogen (secondary N) is 1. The van der Waals surface area contributed by atoms with Crippen LogP contribution in [0.1, 0.15) is 26.2 Å². The molecule has 0 bridgehead atoms. The van der Waals surface area contributed by atoms with E-state index in [4.69, 9.17) is 0 Å². The second-order valence-electron chi connectivity index (χ2n) is 5.35. The van der Waals surface area contributed by atoms with Gasteiger partial charge >= 0.3 is 0 Å². The molecule has 1 saturated heterocycles. The fourth-order valence-corrected chi connectivity index (χ4v) is 2.50. The second kappa shape index (κ2) is 6.70. The predicted octanol–water partition coefficient (Wildman–Crippen LogP) is 1.83. The highest BCUT2D eigenvalue weighted by atomic mass is 15.2. The molecular weight excluding hydrogens is 238 g/mol. The molecule has 5 nitrogen and oxygen atoms in total. The van der Waals surface area contributed by atoms with Gasteiger partial charge in [0.05, 0.1) is 12.4 Å². The predicted molar refractivity (Wildman–Crippen MR) is 79.7 cm³/mol. The number of likely N-dealkylation sites (tertiary alicyclic amines) is 1. The molecule has 0 spiro atoms. The van der Waals surface area contributed by atoms with Crippen molar-refractivity contribution < 1.29 is 0 Å². The second-order valence-corrected chi connectivity index (χ2v) is 5.35. The van der Waals surface area contributed by atoms with Crippen molar-refractivity contribution >= 4 is 11.6 Å². The molecule has 0 saturated carbocycles. The zero-order valence-corrected chi connectivity index (χ0v) is 12.3. The highest BCUT2D eigenvalue weighted by Crippen LogP contribution is 2.18. The van der Waals surface area contributed by atoms with E-state index >= 15 is 0 Å². The first-order valence-corrected chi connectivity index (χ1v) is 7.18. The van der Waals surface area contributed by atoms with Crippen LogP contribution in [0.25, 0.3) is 0 Å². The number of likely N-dealkylation sites (N-methyl/N-ethyl adjacent to an activating group) is 2. The highest BCUT2D eigenvalue weighted by Gasteiger charge is 2.22. The van der Waals surface area contributed by atoms with E-state index in [0.717, 1.165) is 31.1 Å². The van der Waals surface area contributed by atoms with Gasteiger partial charge in [-0.3, -0.25) is 4.98 Å². The molecule has 1 aliphatic heterocycles. The van der Waals surface area contributed by atoms with Crippen LogP contribution in [-0.2, 0) is 0 Å². The maximum atomic E-state index is 4.61. The van der Waals surface area contributed by atoms with E-state index in [-0.39, 0.29) is 0 Å². The number of aromatic nitrogens is 2. The van der Waals surface area contributed by atoms with Crippen LogP contribution in [0.5, 0.6) is 0 Å². The molecule has 0 aromatic carbocycles. The molecule has 0 aliphatic carbocycles. The summed E-state index contributed by atoms with van der Waals surface area (Å²) < 4.78 is 0. The smallest absolute Gasteiger partial charge is 0.149 e. The van der Waals surface area contributed by atoms with Crippen LogP contribution in [0.2, 0.25) is 0 Å². The Bertz CT molecular complexity index is 395. The van der Waals surface area contributed by atoms with Crippen LogP contribution in [0.4, 0.5) is 11.6 Å². The molecule has 1 aromatic heterocycles. The van der Waals surface area contributed by atoms with Crippen molar-refractivity contribution in [2.75, 3.05) is 43.9 Å². The molecule has 1 unspecified atom stereocenters. The molecule has 2 rings (SSSR count). The summed E-state index contributed by atoms with van der Waals surface area (Å²) in [6, 6.07) is 0.638. The maximum Gasteiger partial charge on any atom is 0.149 e. The Morgan fingerprint density at radius 3 is 3.00 bits per heavy atom. The molecule has 1 fully saturated rings. The highest BCUT2D eigenvalue weighted by molar-refractivity contribution is 5.43. The molecule has 19 heavy (non-hydrogen) atoms. The molecular formula is C14H25N5. The summed E-state index contributed by atoms with van der Waals surface area (Å²) >= 11 is 0. The quantitative estimate of drug-likeness (QED) is 0.848. The third-order valence-corrected chi connectivity index (χ3v) is 3.73. The summed E-state index contributed by atoms with van der Waals surface area (Å²) in [6.07, 6.45) is 7.30. The topological polar surface area (TPSA) is 44.3 Å². The van der Waals surface area contributed by atoms with Crippen molar-refractivity contribution in [2.24, 2.45) is 0 Å². The van der Waals surface area contributed by atoms with Gasteiger partial charge < -0.3 is 15.1 Å². The van der Waals surface area contributed by atoms with Gasteiger partial charge in [0.1, 0.15) is 11.6 Å². The molecule has 2 heterocycles. The first kappa shape index (κ1) is 14.1. The Hall–Kier alpha value is -1.36. The van der Waals surface area contributed by atoms with Crippen LogP contribution in [0, 0.1) is 0 Å². The monoisotopic (exact) mass is 263 g/mol. The minimum Gasteiger partial charge on any atom is -0.369 e. The standard InChI is InChI=1S/C14H25N5/c1-4-7-16-13-9-15-10-14(17-13)19(3)11-12-6-5-8-18(12)2/h9-10,12H,4-8,11H2,1-3H3,(H,16,17). The van der Waals surface area contributed by atoms with E-state index in [2.05, 4.69) is 46.1 Å². The summed E-state index contributed by atoms with van der Waals surface area (Å²) in [5.41, 5.74) is 0. The third-order valence-electron chi connectivity index (χ3n) is 3.73. The van der Waals surface area contributed by atoms with Crippen LogP contribution >= 0.6 is 0 Å². The Kier molecular flexibility index (Phi) is 4.96.